The molecule has 2 aromatic carbocycles. The molecule has 1 heterocycles. The predicted octanol–water partition coefficient (Wildman–Crippen LogP) is 3.18. The van der Waals surface area contributed by atoms with Gasteiger partial charge in [-0.2, -0.15) is 0 Å². The molecular formula is C21H26N2O5S. The summed E-state index contributed by atoms with van der Waals surface area (Å²) in [5, 5.41) is 2.76. The summed E-state index contributed by atoms with van der Waals surface area (Å²) in [6.45, 7) is 4.80. The number of amides is 1. The summed E-state index contributed by atoms with van der Waals surface area (Å²) in [4.78, 5) is 12.6. The molecule has 1 aliphatic heterocycles. The number of carbonyl (C=O) groups excluding carboxylic acids is 1. The van der Waals surface area contributed by atoms with Crippen molar-refractivity contribution in [2.24, 2.45) is 0 Å². The lowest BCUT2D eigenvalue weighted by Crippen LogP contribution is -2.30. The van der Waals surface area contributed by atoms with Crippen LogP contribution in [0.4, 0.5) is 5.69 Å². The van der Waals surface area contributed by atoms with Crippen LogP contribution in [0, 0.1) is 0 Å². The van der Waals surface area contributed by atoms with Gasteiger partial charge < -0.3 is 14.8 Å². The van der Waals surface area contributed by atoms with Crippen molar-refractivity contribution in [2.45, 2.75) is 43.7 Å². The fourth-order valence-electron chi connectivity index (χ4n) is 2.97. The van der Waals surface area contributed by atoms with E-state index in [0.717, 1.165) is 19.4 Å². The maximum Gasteiger partial charge on any atom is 0.255 e. The highest BCUT2D eigenvalue weighted by Crippen LogP contribution is 2.18. The molecule has 1 atom stereocenters. The second-order valence-electron chi connectivity index (χ2n) is 7.22. The Labute approximate surface area is 171 Å². The summed E-state index contributed by atoms with van der Waals surface area (Å²) >= 11 is 0. The first-order valence-electron chi connectivity index (χ1n) is 9.62. The molecule has 1 fully saturated rings. The molecule has 2 N–H and O–H groups in total. The van der Waals surface area contributed by atoms with E-state index in [1.54, 1.807) is 50.2 Å². The molecule has 0 bridgehead atoms. The van der Waals surface area contributed by atoms with Crippen molar-refractivity contribution in [3.05, 3.63) is 54.1 Å². The SMILES string of the molecule is CC(C)NS(=O)(=O)c1ccc(NC(=O)c2ccc(OC[C@@H]3CCCO3)cc2)cc1. The number of hydrogen-bond acceptors (Lipinski definition) is 5. The molecular weight excluding hydrogens is 392 g/mol. The molecule has 1 saturated heterocycles. The largest absolute Gasteiger partial charge is 0.491 e. The molecule has 3 rings (SSSR count). The van der Waals surface area contributed by atoms with Gasteiger partial charge in [-0.25, -0.2) is 13.1 Å². The van der Waals surface area contributed by atoms with Gasteiger partial charge in [0.15, 0.2) is 0 Å². The highest BCUT2D eigenvalue weighted by atomic mass is 32.2. The number of carbonyl (C=O) groups is 1. The number of rotatable bonds is 8. The molecule has 1 amide bonds. The average molecular weight is 419 g/mol. The van der Waals surface area contributed by atoms with Crippen molar-refractivity contribution < 1.29 is 22.7 Å². The molecule has 1 aliphatic rings. The van der Waals surface area contributed by atoms with Gasteiger partial charge in [0.25, 0.3) is 5.91 Å². The molecule has 0 aromatic heterocycles. The number of anilines is 1. The first-order chi connectivity index (χ1) is 13.8. The van der Waals surface area contributed by atoms with E-state index in [1.807, 2.05) is 0 Å². The van der Waals surface area contributed by atoms with Crippen molar-refractivity contribution in [3.8, 4) is 5.75 Å². The van der Waals surface area contributed by atoms with Gasteiger partial charge >= 0.3 is 0 Å². The Morgan fingerprint density at radius 1 is 1.14 bits per heavy atom. The Morgan fingerprint density at radius 3 is 2.41 bits per heavy atom. The number of hydrogen-bond donors (Lipinski definition) is 2. The van der Waals surface area contributed by atoms with Crippen LogP contribution >= 0.6 is 0 Å². The number of ether oxygens (including phenoxy) is 2. The molecule has 0 spiro atoms. The zero-order valence-electron chi connectivity index (χ0n) is 16.6. The van der Waals surface area contributed by atoms with E-state index >= 15 is 0 Å². The van der Waals surface area contributed by atoms with E-state index in [4.69, 9.17) is 9.47 Å². The number of nitrogens with one attached hydrogen (secondary N) is 2. The minimum atomic E-state index is -3.56. The summed E-state index contributed by atoms with van der Waals surface area (Å²) in [5.74, 6) is 0.399. The van der Waals surface area contributed by atoms with E-state index in [0.29, 0.717) is 23.6 Å². The normalized spacial score (nSPS) is 16.7. The Bertz CT molecular complexity index is 919. The molecule has 29 heavy (non-hydrogen) atoms. The molecule has 0 aliphatic carbocycles. The third-order valence-electron chi connectivity index (χ3n) is 4.39. The van der Waals surface area contributed by atoms with E-state index in [2.05, 4.69) is 10.0 Å². The highest BCUT2D eigenvalue weighted by Gasteiger charge is 2.17. The van der Waals surface area contributed by atoms with Crippen LogP contribution in [0.25, 0.3) is 0 Å². The summed E-state index contributed by atoms with van der Waals surface area (Å²) in [6.07, 6.45) is 2.21. The fraction of sp³-hybridized carbons (Fsp3) is 0.381. The van der Waals surface area contributed by atoms with Gasteiger partial charge in [-0.05, 0) is 75.2 Å². The first kappa shape index (κ1) is 21.3. The molecule has 0 saturated carbocycles. The van der Waals surface area contributed by atoms with Crippen LogP contribution in [0.5, 0.6) is 5.75 Å². The van der Waals surface area contributed by atoms with Crippen molar-refractivity contribution in [1.29, 1.82) is 0 Å². The van der Waals surface area contributed by atoms with Crippen molar-refractivity contribution in [3.63, 3.8) is 0 Å². The maximum absolute atomic E-state index is 12.4. The fourth-order valence-corrected chi connectivity index (χ4v) is 4.22. The molecule has 0 unspecified atom stereocenters. The Kier molecular flexibility index (Phi) is 6.89. The van der Waals surface area contributed by atoms with Gasteiger partial charge in [-0.15, -0.1) is 0 Å². The Balaban J connectivity index is 1.56. The Hall–Kier alpha value is -2.42. The van der Waals surface area contributed by atoms with Crippen molar-refractivity contribution in [1.82, 2.24) is 4.72 Å². The van der Waals surface area contributed by atoms with Gasteiger partial charge in [-0.1, -0.05) is 0 Å². The highest BCUT2D eigenvalue weighted by molar-refractivity contribution is 7.89. The maximum atomic E-state index is 12.4. The van der Waals surface area contributed by atoms with Crippen LogP contribution in [0.1, 0.15) is 37.0 Å². The van der Waals surface area contributed by atoms with Crippen molar-refractivity contribution >= 4 is 21.6 Å². The van der Waals surface area contributed by atoms with Crippen LogP contribution < -0.4 is 14.8 Å². The summed E-state index contributed by atoms with van der Waals surface area (Å²) in [7, 11) is -3.56. The predicted molar refractivity (Wildman–Crippen MR) is 111 cm³/mol. The van der Waals surface area contributed by atoms with Crippen LogP contribution in [0.15, 0.2) is 53.4 Å². The van der Waals surface area contributed by atoms with Crippen LogP contribution in [-0.2, 0) is 14.8 Å². The van der Waals surface area contributed by atoms with Crippen LogP contribution in [0.3, 0.4) is 0 Å². The van der Waals surface area contributed by atoms with Gasteiger partial charge in [0, 0.05) is 23.9 Å². The lowest BCUT2D eigenvalue weighted by molar-refractivity contribution is 0.0679. The second kappa shape index (κ2) is 9.39. The summed E-state index contributed by atoms with van der Waals surface area (Å²) in [5.41, 5.74) is 0.991. The van der Waals surface area contributed by atoms with Gasteiger partial charge in [0.2, 0.25) is 10.0 Å². The third kappa shape index (κ3) is 6.03. The molecule has 8 heteroatoms. The van der Waals surface area contributed by atoms with E-state index < -0.39 is 10.0 Å². The lowest BCUT2D eigenvalue weighted by Gasteiger charge is -2.12. The average Bonchev–Trinajstić information content (AvgIpc) is 3.20. The standard InChI is InChI=1S/C21H26N2O5S/c1-15(2)23-29(25,26)20-11-7-17(8-12-20)22-21(24)16-5-9-18(10-6-16)28-14-19-4-3-13-27-19/h5-12,15,19,23H,3-4,13-14H2,1-2H3,(H,22,24)/t19-/m0/s1. The van der Waals surface area contributed by atoms with Crippen LogP contribution in [-0.4, -0.2) is 39.7 Å². The van der Waals surface area contributed by atoms with E-state index in [-0.39, 0.29) is 22.9 Å². The number of sulfonamides is 1. The second-order valence-corrected chi connectivity index (χ2v) is 8.94. The topological polar surface area (TPSA) is 93.7 Å². The monoisotopic (exact) mass is 418 g/mol. The minimum Gasteiger partial charge on any atom is -0.491 e. The zero-order valence-corrected chi connectivity index (χ0v) is 17.4. The lowest BCUT2D eigenvalue weighted by atomic mass is 10.2. The zero-order chi connectivity index (χ0) is 20.9. The van der Waals surface area contributed by atoms with E-state index in [1.165, 1.54) is 12.1 Å². The van der Waals surface area contributed by atoms with Gasteiger partial charge in [0.05, 0.1) is 11.0 Å². The van der Waals surface area contributed by atoms with Gasteiger partial charge in [0.1, 0.15) is 12.4 Å². The minimum absolute atomic E-state index is 0.139. The van der Waals surface area contributed by atoms with E-state index in [9.17, 15) is 13.2 Å². The van der Waals surface area contributed by atoms with Crippen LogP contribution in [0.2, 0.25) is 0 Å². The molecule has 156 valence electrons. The van der Waals surface area contributed by atoms with Crippen molar-refractivity contribution in [2.75, 3.05) is 18.5 Å². The van der Waals surface area contributed by atoms with Gasteiger partial charge in [-0.3, -0.25) is 4.79 Å². The molecule has 7 nitrogen and oxygen atoms in total. The molecule has 0 radical (unpaired) electrons. The molecule has 2 aromatic rings. The summed E-state index contributed by atoms with van der Waals surface area (Å²) in [6, 6.07) is 12.7. The summed E-state index contributed by atoms with van der Waals surface area (Å²) < 4.78 is 38.0. The smallest absolute Gasteiger partial charge is 0.255 e. The third-order valence-corrected chi connectivity index (χ3v) is 6.06. The first-order valence-corrected chi connectivity index (χ1v) is 11.1. The number of benzene rings is 2. The Morgan fingerprint density at radius 2 is 1.83 bits per heavy atom. The quantitative estimate of drug-likeness (QED) is 0.687.